The lowest BCUT2D eigenvalue weighted by Gasteiger charge is -2.26. The van der Waals surface area contributed by atoms with E-state index in [4.69, 9.17) is 16.7 Å². The van der Waals surface area contributed by atoms with Crippen molar-refractivity contribution in [2.45, 2.75) is 111 Å². The lowest BCUT2D eigenvalue weighted by atomic mass is 9.87. The third-order valence-corrected chi connectivity index (χ3v) is 27.1. The van der Waals surface area contributed by atoms with Gasteiger partial charge in [0.1, 0.15) is 19.6 Å². The van der Waals surface area contributed by atoms with Crippen LogP contribution in [0.2, 0.25) is 0 Å². The predicted molar refractivity (Wildman–Crippen MR) is 424 cm³/mol. The normalized spacial score (nSPS) is 13.1. The number of hydrogen-bond acceptors (Lipinski definition) is 20. The number of anilines is 4. The minimum absolute atomic E-state index is 0.149. The van der Waals surface area contributed by atoms with Crippen molar-refractivity contribution in [1.29, 1.82) is 0 Å². The Balaban J connectivity index is 1.12. The topological polar surface area (TPSA) is 186 Å². The van der Waals surface area contributed by atoms with E-state index in [1.807, 2.05) is 166 Å². The van der Waals surface area contributed by atoms with E-state index in [1.165, 1.54) is 24.3 Å². The Morgan fingerprint density at radius 1 is 0.250 bits per heavy atom. The molecule has 0 saturated carbocycles. The van der Waals surface area contributed by atoms with Gasteiger partial charge in [-0.3, -0.25) is 0 Å². The molecule has 536 valence electrons. The summed E-state index contributed by atoms with van der Waals surface area (Å²) < 4.78 is 153. The van der Waals surface area contributed by atoms with E-state index in [2.05, 4.69) is 0 Å². The molecule has 0 unspecified atom stereocenters. The van der Waals surface area contributed by atoms with Crippen LogP contribution in [0.5, 0.6) is 23.0 Å². The molecule has 0 atom stereocenters. The first-order chi connectivity index (χ1) is 49.1. The van der Waals surface area contributed by atoms with Crippen LogP contribution in [0.1, 0.15) is 52.7 Å². The summed E-state index contributed by atoms with van der Waals surface area (Å²) in [5, 5.41) is 4.05. The van der Waals surface area contributed by atoms with Gasteiger partial charge < -0.3 is 36.3 Å². The van der Waals surface area contributed by atoms with E-state index >= 15 is 33.7 Å². The Morgan fingerprint density at radius 3 is 0.635 bits per heavy atom. The summed E-state index contributed by atoms with van der Waals surface area (Å²) in [5.41, 5.74) is 2.98. The third kappa shape index (κ3) is 14.3. The second-order valence-electron chi connectivity index (χ2n) is 27.9. The largest absolute Gasteiger partial charge is 0.377 e. The lowest BCUT2D eigenvalue weighted by Crippen LogP contribution is -2.16. The molecule has 104 heavy (non-hydrogen) atoms. The quantitative estimate of drug-likeness (QED) is 0.0831. The summed E-state index contributed by atoms with van der Waals surface area (Å²) in [5.74, 6) is -0.780. The molecule has 1 aliphatic rings. The molecule has 1 heterocycles. The Labute approximate surface area is 626 Å². The van der Waals surface area contributed by atoms with Gasteiger partial charge in [0.2, 0.25) is 0 Å². The van der Waals surface area contributed by atoms with Crippen LogP contribution >= 0.6 is 47.0 Å². The van der Waals surface area contributed by atoms with Gasteiger partial charge >= 0.3 is 40.5 Å². The maximum absolute atomic E-state index is 15.8. The van der Waals surface area contributed by atoms with Crippen molar-refractivity contribution >= 4 is 153 Å². The average Bonchev–Trinajstić information content (AvgIpc) is 0.765. The zero-order valence-corrected chi connectivity index (χ0v) is 66.1. The van der Waals surface area contributed by atoms with Gasteiger partial charge in [0.15, 0.2) is 23.0 Å². The van der Waals surface area contributed by atoms with Gasteiger partial charge in [-0.15, -0.1) is 0 Å². The van der Waals surface area contributed by atoms with Crippen molar-refractivity contribution in [3.05, 3.63) is 217 Å². The highest BCUT2D eigenvalue weighted by atomic mass is 32.2. The maximum Gasteiger partial charge on any atom is 0.339 e. The highest BCUT2D eigenvalue weighted by molar-refractivity contribution is 8.02. The first-order valence-electron chi connectivity index (χ1n) is 33.0. The highest BCUT2D eigenvalue weighted by Gasteiger charge is 2.35. The zero-order valence-electron chi connectivity index (χ0n) is 59.6. The summed E-state index contributed by atoms with van der Waals surface area (Å²) in [6.07, 6.45) is 0. The Morgan fingerprint density at radius 2 is 0.433 bits per heavy atom. The number of benzene rings is 12. The van der Waals surface area contributed by atoms with E-state index in [9.17, 15) is 0 Å². The first kappa shape index (κ1) is 73.6. The fourth-order valence-electron chi connectivity index (χ4n) is 12.5. The lowest BCUT2D eigenvalue weighted by molar-refractivity contribution is 0.471. The molecule has 0 aromatic heterocycles. The van der Waals surface area contributed by atoms with Gasteiger partial charge in [-0.25, -0.2) is 0 Å². The van der Waals surface area contributed by atoms with Gasteiger partial charge in [0.05, 0.1) is 39.2 Å². The molecule has 0 amide bonds. The van der Waals surface area contributed by atoms with Crippen molar-refractivity contribution in [2.24, 2.45) is 0 Å². The fourth-order valence-corrected chi connectivity index (χ4v) is 22.2. The van der Waals surface area contributed by atoms with E-state index in [1.54, 1.807) is 133 Å². The molecule has 16 nitrogen and oxygen atoms in total. The van der Waals surface area contributed by atoms with Crippen molar-refractivity contribution in [2.75, 3.05) is 76.0 Å². The molecule has 24 heteroatoms. The Bertz CT molecular complexity index is 5500. The SMILES string of the molecule is CN(C)c1cccc2c(S(=O)(=O)Oc3c4cccc3Sc3cc(C(C)(C)C)cc(c3OS(=O)(=O)c3cccc5c(N(C)C)cccc35)Sc3cccc(c3OS(=O)(=O)c3cccc5c(N(C)C)cccc35)Sc3cc(C(C)(C)C)cc(c3OS(=O)(=O)c3cccc5c(N(C)C)cccc35)S4)cccc12. The monoisotopic (exact) mass is 1540 g/mol. The molecule has 12 aromatic rings. The van der Waals surface area contributed by atoms with E-state index in [0.29, 0.717) is 54.2 Å². The van der Waals surface area contributed by atoms with Crippen LogP contribution in [0, 0.1) is 0 Å². The molecule has 12 aromatic carbocycles. The Kier molecular flexibility index (Phi) is 19.8. The molecule has 1 aliphatic heterocycles. The number of para-hydroxylation sites is 2. The van der Waals surface area contributed by atoms with Gasteiger partial charge in [0.25, 0.3) is 0 Å². The molecule has 0 saturated heterocycles. The van der Waals surface area contributed by atoms with Crippen LogP contribution in [-0.4, -0.2) is 90.1 Å². The minimum atomic E-state index is -4.88. The smallest absolute Gasteiger partial charge is 0.339 e. The van der Waals surface area contributed by atoms with Gasteiger partial charge in [-0.05, 0) is 119 Å². The number of fused-ring (bicyclic) bond motifs is 12. The van der Waals surface area contributed by atoms with Crippen molar-refractivity contribution in [3.63, 3.8) is 0 Å². The van der Waals surface area contributed by atoms with Crippen LogP contribution in [0.4, 0.5) is 22.7 Å². The summed E-state index contributed by atoms with van der Waals surface area (Å²) in [6, 6.07) is 58.5. The summed E-state index contributed by atoms with van der Waals surface area (Å²) in [4.78, 5) is 8.34. The van der Waals surface area contributed by atoms with Crippen LogP contribution in [-0.2, 0) is 51.3 Å². The van der Waals surface area contributed by atoms with E-state index in [0.717, 1.165) is 69.8 Å². The van der Waals surface area contributed by atoms with Crippen LogP contribution < -0.4 is 36.3 Å². The van der Waals surface area contributed by atoms with Crippen LogP contribution in [0.3, 0.4) is 0 Å². The molecule has 0 fully saturated rings. The van der Waals surface area contributed by atoms with Gasteiger partial charge in [0, 0.05) is 122 Å². The molecular formula is C80H76N4O12S8. The summed E-state index contributed by atoms with van der Waals surface area (Å²) >= 11 is 3.93. The third-order valence-electron chi connectivity index (χ3n) is 17.8. The first-order valence-corrected chi connectivity index (χ1v) is 41.9. The Hall–Kier alpha value is -8.72. The number of nitrogens with zero attached hydrogens (tertiary/aromatic N) is 4. The highest BCUT2D eigenvalue weighted by Crippen LogP contribution is 2.57. The summed E-state index contributed by atoms with van der Waals surface area (Å²) in [6.45, 7) is 11.9. The average molecular weight is 1540 g/mol. The maximum atomic E-state index is 15.8. The van der Waals surface area contributed by atoms with Crippen LogP contribution in [0.15, 0.2) is 265 Å². The molecule has 0 N–H and O–H groups in total. The van der Waals surface area contributed by atoms with Crippen molar-refractivity contribution < 1.29 is 50.4 Å². The molecular weight excluding hydrogens is 1470 g/mol. The number of hydrogen-bond donors (Lipinski definition) is 0. The van der Waals surface area contributed by atoms with Crippen molar-refractivity contribution in [3.8, 4) is 23.0 Å². The predicted octanol–water partition coefficient (Wildman–Crippen LogP) is 19.1. The summed E-state index contributed by atoms with van der Waals surface area (Å²) in [7, 11) is -4.59. The van der Waals surface area contributed by atoms with Crippen molar-refractivity contribution in [1.82, 2.24) is 0 Å². The number of rotatable bonds is 16. The standard InChI is InChI=1S/C80H76N4O12S8/c1-79(2,3)49-45-67-77(95-103(89,90)73-43-21-27-53-57(73)31-17-35-61(53)83(11)12)68(46-49)98-64-38-24-40-66(76(64)94-102(87,88)72-42-20-26-52-56(72)30-16-34-60(52)82(9)10)100-70-48-50(80(4,5)6)47-69(78(70)96-104(91,92)74-44-22-28-54-58(74)32-18-36-62(54)84(13)14)99-65-39-23-37-63(97-67)75(65)93-101(85,86)71-41-19-25-51-55(71)29-15-33-59(51)81(7)8/h15-48H,1-14H3. The van der Waals surface area contributed by atoms with Crippen LogP contribution in [0.25, 0.3) is 43.1 Å². The van der Waals surface area contributed by atoms with E-state index < -0.39 is 51.3 Å². The van der Waals surface area contributed by atoms with Gasteiger partial charge in [-0.2, -0.15) is 33.7 Å². The second-order valence-corrected chi connectivity index (χ2v) is 38.3. The molecule has 0 radical (unpaired) electrons. The zero-order chi connectivity index (χ0) is 74.3. The molecule has 13 rings (SSSR count). The molecule has 0 aliphatic carbocycles. The van der Waals surface area contributed by atoms with Gasteiger partial charge in [-0.1, -0.05) is 198 Å². The molecule has 0 spiro atoms. The van der Waals surface area contributed by atoms with E-state index in [-0.39, 0.29) is 81.7 Å². The minimum Gasteiger partial charge on any atom is -0.377 e. The molecule has 8 bridgehead atoms. The fraction of sp³-hybridized carbons (Fsp3) is 0.200. The second kappa shape index (κ2) is 28.0.